The largest absolute Gasteiger partial charge is 0.302 e. The molecule has 1 heterocycles. The first-order valence-corrected chi connectivity index (χ1v) is 7.09. The number of carbonyl (C=O) groups is 1. The third-order valence-electron chi connectivity index (χ3n) is 2.82. The molecule has 0 aliphatic rings. The van der Waals surface area contributed by atoms with Crippen LogP contribution in [0, 0.1) is 13.8 Å². The summed E-state index contributed by atoms with van der Waals surface area (Å²) in [6.07, 6.45) is 2.53. The van der Waals surface area contributed by atoms with Gasteiger partial charge in [0.15, 0.2) is 5.13 Å². The predicted molar refractivity (Wildman–Crippen MR) is 77.2 cm³/mol. The molecule has 3 nitrogen and oxygen atoms in total. The van der Waals surface area contributed by atoms with E-state index in [1.165, 1.54) is 11.1 Å². The van der Waals surface area contributed by atoms with Crippen molar-refractivity contribution in [2.45, 2.75) is 40.0 Å². The van der Waals surface area contributed by atoms with Crippen molar-refractivity contribution in [2.75, 3.05) is 5.32 Å². The van der Waals surface area contributed by atoms with Crippen LogP contribution in [-0.4, -0.2) is 10.9 Å². The lowest BCUT2D eigenvalue weighted by molar-refractivity contribution is -0.116. The minimum absolute atomic E-state index is 0.0604. The number of aryl methyl sites for hydroxylation is 2. The van der Waals surface area contributed by atoms with Crippen molar-refractivity contribution in [3.63, 3.8) is 0 Å². The lowest BCUT2D eigenvalue weighted by Crippen LogP contribution is -2.10. The Morgan fingerprint density at radius 3 is 2.89 bits per heavy atom. The normalized spacial score (nSPS) is 10.8. The van der Waals surface area contributed by atoms with Crippen LogP contribution in [0.1, 0.15) is 37.3 Å². The van der Waals surface area contributed by atoms with Gasteiger partial charge in [-0.15, -0.1) is 0 Å². The van der Waals surface area contributed by atoms with Gasteiger partial charge in [0.2, 0.25) is 5.91 Å². The number of aromatic nitrogens is 1. The number of nitrogens with one attached hydrogen (secondary N) is 1. The van der Waals surface area contributed by atoms with Crippen LogP contribution >= 0.6 is 11.3 Å². The molecule has 96 valence electrons. The lowest BCUT2D eigenvalue weighted by Gasteiger charge is -1.98. The van der Waals surface area contributed by atoms with Gasteiger partial charge in [0, 0.05) is 6.42 Å². The smallest absolute Gasteiger partial charge is 0.226 e. The van der Waals surface area contributed by atoms with Crippen LogP contribution in [0.3, 0.4) is 0 Å². The molecule has 0 atom stereocenters. The molecule has 0 saturated heterocycles. The number of hydrogen-bond donors (Lipinski definition) is 1. The monoisotopic (exact) mass is 262 g/mol. The molecular formula is C14H18N2OS. The molecule has 1 aromatic heterocycles. The second-order valence-corrected chi connectivity index (χ2v) is 5.60. The van der Waals surface area contributed by atoms with E-state index in [0.717, 1.165) is 23.1 Å². The van der Waals surface area contributed by atoms with E-state index in [1.54, 1.807) is 11.3 Å². The first-order chi connectivity index (χ1) is 8.60. The summed E-state index contributed by atoms with van der Waals surface area (Å²) in [4.78, 5) is 16.1. The summed E-state index contributed by atoms with van der Waals surface area (Å²) in [5.74, 6) is 0.0604. The molecule has 4 heteroatoms. The molecule has 1 aromatic carbocycles. The van der Waals surface area contributed by atoms with Gasteiger partial charge in [-0.3, -0.25) is 4.79 Å². The zero-order valence-electron chi connectivity index (χ0n) is 11.0. The molecule has 0 saturated carbocycles. The average molecular weight is 262 g/mol. The SMILES string of the molecule is CCCCC(=O)Nc1nc2cc(C)cc(C)c2s1. The van der Waals surface area contributed by atoms with Crippen molar-refractivity contribution in [2.24, 2.45) is 0 Å². The fourth-order valence-corrected chi connectivity index (χ4v) is 2.88. The maximum Gasteiger partial charge on any atom is 0.226 e. The predicted octanol–water partition coefficient (Wildman–Crippen LogP) is 4.04. The quantitative estimate of drug-likeness (QED) is 0.903. The van der Waals surface area contributed by atoms with Gasteiger partial charge in [0.05, 0.1) is 10.2 Å². The molecule has 1 N–H and O–H groups in total. The highest BCUT2D eigenvalue weighted by molar-refractivity contribution is 7.22. The van der Waals surface area contributed by atoms with E-state index in [1.807, 2.05) is 0 Å². The average Bonchev–Trinajstić information content (AvgIpc) is 2.69. The maximum atomic E-state index is 11.7. The highest BCUT2D eigenvalue weighted by Crippen LogP contribution is 2.29. The number of thiazole rings is 1. The Labute approximate surface area is 111 Å². The van der Waals surface area contributed by atoms with Gasteiger partial charge >= 0.3 is 0 Å². The van der Waals surface area contributed by atoms with Crippen LogP contribution in [0.15, 0.2) is 12.1 Å². The van der Waals surface area contributed by atoms with E-state index >= 15 is 0 Å². The summed E-state index contributed by atoms with van der Waals surface area (Å²) in [6.45, 7) is 6.22. The van der Waals surface area contributed by atoms with E-state index in [4.69, 9.17) is 0 Å². The molecule has 1 amide bonds. The molecule has 2 aromatic rings. The Bertz CT molecular complexity index is 574. The molecule has 0 fully saturated rings. The second kappa shape index (κ2) is 5.48. The first-order valence-electron chi connectivity index (χ1n) is 6.27. The minimum Gasteiger partial charge on any atom is -0.302 e. The molecule has 2 rings (SSSR count). The van der Waals surface area contributed by atoms with Crippen LogP contribution in [0.2, 0.25) is 0 Å². The summed E-state index contributed by atoms with van der Waals surface area (Å²) in [5, 5.41) is 3.59. The van der Waals surface area contributed by atoms with Gasteiger partial charge in [-0.2, -0.15) is 0 Å². The van der Waals surface area contributed by atoms with Crippen molar-refractivity contribution in [3.8, 4) is 0 Å². The van der Waals surface area contributed by atoms with E-state index in [-0.39, 0.29) is 5.91 Å². The van der Waals surface area contributed by atoms with Gasteiger partial charge in [-0.1, -0.05) is 30.7 Å². The van der Waals surface area contributed by atoms with Gasteiger partial charge < -0.3 is 5.32 Å². The molecule has 0 bridgehead atoms. The highest BCUT2D eigenvalue weighted by atomic mass is 32.1. The van der Waals surface area contributed by atoms with Crippen molar-refractivity contribution in [1.29, 1.82) is 0 Å². The fourth-order valence-electron chi connectivity index (χ4n) is 1.95. The van der Waals surface area contributed by atoms with E-state index in [2.05, 4.69) is 43.2 Å². The summed E-state index contributed by atoms with van der Waals surface area (Å²) in [7, 11) is 0. The fraction of sp³-hybridized carbons (Fsp3) is 0.429. The number of unbranched alkanes of at least 4 members (excludes halogenated alkanes) is 1. The van der Waals surface area contributed by atoms with E-state index in [9.17, 15) is 4.79 Å². The van der Waals surface area contributed by atoms with Gasteiger partial charge in [0.25, 0.3) is 0 Å². The van der Waals surface area contributed by atoms with Crippen LogP contribution in [0.5, 0.6) is 0 Å². The Morgan fingerprint density at radius 1 is 1.39 bits per heavy atom. The Hall–Kier alpha value is -1.42. The molecule has 0 aliphatic heterocycles. The number of benzene rings is 1. The number of rotatable bonds is 4. The number of nitrogens with zero attached hydrogens (tertiary/aromatic N) is 1. The lowest BCUT2D eigenvalue weighted by atomic mass is 10.1. The van der Waals surface area contributed by atoms with Crippen LogP contribution < -0.4 is 5.32 Å². The molecule has 0 radical (unpaired) electrons. The van der Waals surface area contributed by atoms with Gasteiger partial charge in [0.1, 0.15) is 0 Å². The summed E-state index contributed by atoms with van der Waals surface area (Å²) >= 11 is 1.55. The molecule has 0 spiro atoms. The summed E-state index contributed by atoms with van der Waals surface area (Å²) < 4.78 is 1.16. The maximum absolute atomic E-state index is 11.7. The van der Waals surface area contributed by atoms with Crippen LogP contribution in [0.4, 0.5) is 5.13 Å². The standard InChI is InChI=1S/C14H18N2OS/c1-4-5-6-12(17)16-14-15-11-8-9(2)7-10(3)13(11)18-14/h7-8H,4-6H2,1-3H3,(H,15,16,17). The summed E-state index contributed by atoms with van der Waals surface area (Å²) in [5.41, 5.74) is 3.40. The zero-order chi connectivity index (χ0) is 13.1. The van der Waals surface area contributed by atoms with E-state index in [0.29, 0.717) is 11.6 Å². The molecule has 0 unspecified atom stereocenters. The van der Waals surface area contributed by atoms with Crippen molar-refractivity contribution < 1.29 is 4.79 Å². The first kappa shape index (κ1) is 13.0. The number of carbonyl (C=O) groups excluding carboxylic acids is 1. The number of fused-ring (bicyclic) bond motifs is 1. The van der Waals surface area contributed by atoms with Gasteiger partial charge in [-0.05, 0) is 37.5 Å². The Morgan fingerprint density at radius 2 is 2.17 bits per heavy atom. The number of hydrogen-bond acceptors (Lipinski definition) is 3. The Balaban J connectivity index is 2.20. The molecule has 0 aliphatic carbocycles. The van der Waals surface area contributed by atoms with Crippen molar-refractivity contribution >= 4 is 32.6 Å². The molecule has 18 heavy (non-hydrogen) atoms. The highest BCUT2D eigenvalue weighted by Gasteiger charge is 2.09. The third kappa shape index (κ3) is 2.88. The zero-order valence-corrected chi connectivity index (χ0v) is 11.9. The summed E-state index contributed by atoms with van der Waals surface area (Å²) in [6, 6.07) is 4.20. The number of amides is 1. The second-order valence-electron chi connectivity index (χ2n) is 4.60. The number of anilines is 1. The molecular weight excluding hydrogens is 244 g/mol. The van der Waals surface area contributed by atoms with E-state index < -0.39 is 0 Å². The van der Waals surface area contributed by atoms with Crippen LogP contribution in [0.25, 0.3) is 10.2 Å². The van der Waals surface area contributed by atoms with Gasteiger partial charge in [-0.25, -0.2) is 4.98 Å². The topological polar surface area (TPSA) is 42.0 Å². The van der Waals surface area contributed by atoms with Crippen LogP contribution in [-0.2, 0) is 4.79 Å². The minimum atomic E-state index is 0.0604. The van der Waals surface area contributed by atoms with Crippen molar-refractivity contribution in [3.05, 3.63) is 23.3 Å². The van der Waals surface area contributed by atoms with Crippen molar-refractivity contribution in [1.82, 2.24) is 4.98 Å². The third-order valence-corrected chi connectivity index (χ3v) is 3.95. The Kier molecular flexibility index (Phi) is 3.97.